The SMILES string of the molecule is CC(C(=O)O)C1CN(C(=O)Nc2cccc(Cl)c2F)C1. The summed E-state index contributed by atoms with van der Waals surface area (Å²) >= 11 is 5.62. The predicted molar refractivity (Wildman–Crippen MR) is 72.3 cm³/mol. The number of carbonyl (C=O) groups excluding carboxylic acids is 1. The lowest BCUT2D eigenvalue weighted by Gasteiger charge is -2.41. The van der Waals surface area contributed by atoms with E-state index in [-0.39, 0.29) is 16.6 Å². The number of anilines is 1. The Labute approximate surface area is 120 Å². The summed E-state index contributed by atoms with van der Waals surface area (Å²) in [5.41, 5.74) is 0.0113. The summed E-state index contributed by atoms with van der Waals surface area (Å²) in [6.07, 6.45) is 0. The maximum atomic E-state index is 13.6. The van der Waals surface area contributed by atoms with Crippen molar-refractivity contribution in [3.05, 3.63) is 29.0 Å². The molecule has 5 nitrogen and oxygen atoms in total. The second-order valence-corrected chi connectivity index (χ2v) is 5.23. The highest BCUT2D eigenvalue weighted by molar-refractivity contribution is 6.31. The molecule has 0 aliphatic carbocycles. The summed E-state index contributed by atoms with van der Waals surface area (Å²) in [7, 11) is 0. The number of halogens is 2. The van der Waals surface area contributed by atoms with Crippen molar-refractivity contribution in [3.63, 3.8) is 0 Å². The van der Waals surface area contributed by atoms with Gasteiger partial charge in [-0.05, 0) is 12.1 Å². The molecular formula is C13H14ClFN2O3. The molecule has 1 aliphatic heterocycles. The van der Waals surface area contributed by atoms with Crippen molar-refractivity contribution in [2.24, 2.45) is 11.8 Å². The number of nitrogens with one attached hydrogen (secondary N) is 1. The van der Waals surface area contributed by atoms with Gasteiger partial charge < -0.3 is 15.3 Å². The van der Waals surface area contributed by atoms with Crippen LogP contribution in [-0.2, 0) is 4.79 Å². The molecule has 0 spiro atoms. The summed E-state index contributed by atoms with van der Waals surface area (Å²) in [6.45, 7) is 2.31. The molecule has 7 heteroatoms. The molecule has 20 heavy (non-hydrogen) atoms. The van der Waals surface area contributed by atoms with Gasteiger partial charge in [0.15, 0.2) is 5.82 Å². The summed E-state index contributed by atoms with van der Waals surface area (Å²) in [5.74, 6) is -2.13. The van der Waals surface area contributed by atoms with Gasteiger partial charge in [-0.3, -0.25) is 4.79 Å². The lowest BCUT2D eigenvalue weighted by Crippen LogP contribution is -2.54. The van der Waals surface area contributed by atoms with Crippen molar-refractivity contribution in [2.75, 3.05) is 18.4 Å². The molecule has 0 radical (unpaired) electrons. The first-order valence-corrected chi connectivity index (χ1v) is 6.50. The number of likely N-dealkylation sites (tertiary alicyclic amines) is 1. The zero-order valence-electron chi connectivity index (χ0n) is 10.8. The Kier molecular flexibility index (Phi) is 4.13. The summed E-state index contributed by atoms with van der Waals surface area (Å²) in [5, 5.41) is 11.2. The van der Waals surface area contributed by atoms with Crippen molar-refractivity contribution in [2.45, 2.75) is 6.92 Å². The van der Waals surface area contributed by atoms with Crippen LogP contribution in [0.1, 0.15) is 6.92 Å². The van der Waals surface area contributed by atoms with E-state index in [1.54, 1.807) is 6.92 Å². The van der Waals surface area contributed by atoms with Gasteiger partial charge in [0.25, 0.3) is 0 Å². The first-order chi connectivity index (χ1) is 9.40. The lowest BCUT2D eigenvalue weighted by molar-refractivity contribution is -0.144. The van der Waals surface area contributed by atoms with E-state index in [2.05, 4.69) is 5.32 Å². The molecular weight excluding hydrogens is 287 g/mol. The number of hydrogen-bond acceptors (Lipinski definition) is 2. The van der Waals surface area contributed by atoms with E-state index in [0.29, 0.717) is 13.1 Å². The van der Waals surface area contributed by atoms with Gasteiger partial charge in [0.05, 0.1) is 16.6 Å². The van der Waals surface area contributed by atoms with Crippen LogP contribution in [0.2, 0.25) is 5.02 Å². The molecule has 2 rings (SSSR count). The zero-order valence-corrected chi connectivity index (χ0v) is 11.5. The minimum atomic E-state index is -0.879. The number of amides is 2. The number of rotatable bonds is 3. The Morgan fingerprint density at radius 1 is 1.50 bits per heavy atom. The van der Waals surface area contributed by atoms with Crippen molar-refractivity contribution in [1.29, 1.82) is 0 Å². The van der Waals surface area contributed by atoms with E-state index in [1.807, 2.05) is 0 Å². The van der Waals surface area contributed by atoms with Crippen LogP contribution in [0.15, 0.2) is 18.2 Å². The van der Waals surface area contributed by atoms with Crippen LogP contribution in [0.25, 0.3) is 0 Å². The smallest absolute Gasteiger partial charge is 0.321 e. The van der Waals surface area contributed by atoms with Crippen LogP contribution in [0.5, 0.6) is 0 Å². The van der Waals surface area contributed by atoms with E-state index in [0.717, 1.165) is 0 Å². The number of carboxylic acid groups (broad SMARTS) is 1. The van der Waals surface area contributed by atoms with Gasteiger partial charge in [-0.25, -0.2) is 9.18 Å². The maximum Gasteiger partial charge on any atom is 0.321 e. The minimum Gasteiger partial charge on any atom is -0.481 e. The number of carboxylic acids is 1. The molecule has 1 aliphatic rings. The number of carbonyl (C=O) groups is 2. The molecule has 1 aromatic carbocycles. The van der Waals surface area contributed by atoms with E-state index in [4.69, 9.17) is 16.7 Å². The van der Waals surface area contributed by atoms with Crippen molar-refractivity contribution >= 4 is 29.3 Å². The molecule has 0 aromatic heterocycles. The Bertz CT molecular complexity index is 546. The highest BCUT2D eigenvalue weighted by Gasteiger charge is 2.37. The van der Waals surface area contributed by atoms with E-state index in [9.17, 15) is 14.0 Å². The van der Waals surface area contributed by atoms with E-state index >= 15 is 0 Å². The third-order valence-electron chi connectivity index (χ3n) is 3.49. The third kappa shape index (κ3) is 2.85. The maximum absolute atomic E-state index is 13.6. The number of urea groups is 1. The summed E-state index contributed by atoms with van der Waals surface area (Å²) < 4.78 is 13.6. The van der Waals surface area contributed by atoms with Gasteiger partial charge in [0, 0.05) is 19.0 Å². The Morgan fingerprint density at radius 2 is 2.15 bits per heavy atom. The Balaban J connectivity index is 1.92. The standard InChI is InChI=1S/C13H14ClFN2O3/c1-7(12(18)19)8-5-17(6-8)13(20)16-10-4-2-3-9(14)11(10)15/h2-4,7-8H,5-6H2,1H3,(H,16,20)(H,18,19). The highest BCUT2D eigenvalue weighted by atomic mass is 35.5. The lowest BCUT2D eigenvalue weighted by atomic mass is 9.87. The first kappa shape index (κ1) is 14.6. The van der Waals surface area contributed by atoms with Gasteiger partial charge in [-0.1, -0.05) is 24.6 Å². The van der Waals surface area contributed by atoms with Crippen molar-refractivity contribution in [1.82, 2.24) is 4.90 Å². The number of hydrogen-bond donors (Lipinski definition) is 2. The monoisotopic (exact) mass is 300 g/mol. The fourth-order valence-corrected chi connectivity index (χ4v) is 2.17. The average Bonchev–Trinajstić information content (AvgIpc) is 2.33. The van der Waals surface area contributed by atoms with Gasteiger partial charge in [0.1, 0.15) is 0 Å². The molecule has 2 N–H and O–H groups in total. The molecule has 0 bridgehead atoms. The predicted octanol–water partition coefficient (Wildman–Crippen LogP) is 2.66. The van der Waals surface area contributed by atoms with Gasteiger partial charge >= 0.3 is 12.0 Å². The van der Waals surface area contributed by atoms with Gasteiger partial charge in [-0.15, -0.1) is 0 Å². The molecule has 0 saturated carbocycles. The quantitative estimate of drug-likeness (QED) is 0.901. The largest absolute Gasteiger partial charge is 0.481 e. The molecule has 1 atom stereocenters. The number of nitrogens with zero attached hydrogens (tertiary/aromatic N) is 1. The van der Waals surface area contributed by atoms with Crippen molar-refractivity contribution in [3.8, 4) is 0 Å². The molecule has 1 heterocycles. The normalized spacial score (nSPS) is 16.4. The summed E-state index contributed by atoms with van der Waals surface area (Å²) in [6, 6.07) is 3.88. The van der Waals surface area contributed by atoms with Crippen LogP contribution >= 0.6 is 11.6 Å². The van der Waals surface area contributed by atoms with Gasteiger partial charge in [0.2, 0.25) is 0 Å². The molecule has 2 amide bonds. The molecule has 108 valence electrons. The Morgan fingerprint density at radius 3 is 2.75 bits per heavy atom. The second kappa shape index (κ2) is 5.66. The van der Waals surface area contributed by atoms with Crippen LogP contribution in [0.3, 0.4) is 0 Å². The molecule has 1 aromatic rings. The topological polar surface area (TPSA) is 69.6 Å². The Hall–Kier alpha value is -1.82. The van der Waals surface area contributed by atoms with Crippen LogP contribution < -0.4 is 5.32 Å². The van der Waals surface area contributed by atoms with E-state index < -0.39 is 23.7 Å². The fraction of sp³-hybridized carbons (Fsp3) is 0.385. The van der Waals surface area contributed by atoms with Crippen LogP contribution in [-0.4, -0.2) is 35.1 Å². The minimum absolute atomic E-state index is 0.0113. The zero-order chi connectivity index (χ0) is 14.9. The third-order valence-corrected chi connectivity index (χ3v) is 3.78. The first-order valence-electron chi connectivity index (χ1n) is 6.13. The van der Waals surface area contributed by atoms with Crippen LogP contribution in [0.4, 0.5) is 14.9 Å². The molecule has 1 saturated heterocycles. The molecule has 1 fully saturated rings. The average molecular weight is 301 g/mol. The highest BCUT2D eigenvalue weighted by Crippen LogP contribution is 2.26. The summed E-state index contributed by atoms with van der Waals surface area (Å²) in [4.78, 5) is 24.1. The second-order valence-electron chi connectivity index (χ2n) is 4.82. The van der Waals surface area contributed by atoms with Crippen LogP contribution in [0, 0.1) is 17.7 Å². The fourth-order valence-electron chi connectivity index (χ4n) is 1.99. The molecule has 1 unspecified atom stereocenters. The van der Waals surface area contributed by atoms with Gasteiger partial charge in [-0.2, -0.15) is 0 Å². The van der Waals surface area contributed by atoms with Crippen molar-refractivity contribution < 1.29 is 19.1 Å². The number of benzene rings is 1. The van der Waals surface area contributed by atoms with E-state index in [1.165, 1.54) is 23.1 Å². The number of aliphatic carboxylic acids is 1.